The molecule has 0 spiro atoms. The van der Waals surface area contributed by atoms with Gasteiger partial charge in [-0.25, -0.2) is 0 Å². The van der Waals surface area contributed by atoms with Gasteiger partial charge < -0.3 is 15.2 Å². The number of nitrogens with zero attached hydrogens (tertiary/aromatic N) is 1. The average molecular weight is 273 g/mol. The number of carbonyl (C=O) groups excluding carboxylic acids is 1. The molecule has 0 unspecified atom stereocenters. The van der Waals surface area contributed by atoms with Crippen LogP contribution in [-0.4, -0.2) is 43.0 Å². The SMILES string of the molecule is Cc1cc(C)c2cc(C(=O)NCCCN(C)C)[nH]c2c1. The highest BCUT2D eigenvalue weighted by Crippen LogP contribution is 2.21. The van der Waals surface area contributed by atoms with Crippen LogP contribution in [0.1, 0.15) is 28.0 Å². The second kappa shape index (κ2) is 6.09. The van der Waals surface area contributed by atoms with Gasteiger partial charge in [-0.3, -0.25) is 4.79 Å². The lowest BCUT2D eigenvalue weighted by Crippen LogP contribution is -2.27. The number of hydrogen-bond donors (Lipinski definition) is 2. The predicted octanol–water partition coefficient (Wildman–Crippen LogP) is 2.47. The molecule has 0 saturated heterocycles. The van der Waals surface area contributed by atoms with Crippen molar-refractivity contribution in [1.29, 1.82) is 0 Å². The quantitative estimate of drug-likeness (QED) is 0.822. The molecular weight excluding hydrogens is 250 g/mol. The van der Waals surface area contributed by atoms with Gasteiger partial charge in [0.15, 0.2) is 0 Å². The molecule has 0 aliphatic rings. The van der Waals surface area contributed by atoms with Crippen LogP contribution in [0.5, 0.6) is 0 Å². The van der Waals surface area contributed by atoms with Gasteiger partial charge in [0.1, 0.15) is 5.69 Å². The van der Waals surface area contributed by atoms with Crippen molar-refractivity contribution in [2.75, 3.05) is 27.2 Å². The molecule has 0 atom stereocenters. The molecule has 1 heterocycles. The summed E-state index contributed by atoms with van der Waals surface area (Å²) in [5.74, 6) is -0.0305. The molecule has 2 rings (SSSR count). The summed E-state index contributed by atoms with van der Waals surface area (Å²) in [5, 5.41) is 4.07. The van der Waals surface area contributed by atoms with Crippen molar-refractivity contribution in [1.82, 2.24) is 15.2 Å². The van der Waals surface area contributed by atoms with E-state index in [0.717, 1.165) is 23.9 Å². The number of carbonyl (C=O) groups is 1. The zero-order chi connectivity index (χ0) is 14.7. The topological polar surface area (TPSA) is 48.1 Å². The molecule has 20 heavy (non-hydrogen) atoms. The lowest BCUT2D eigenvalue weighted by molar-refractivity contribution is 0.0948. The van der Waals surface area contributed by atoms with Crippen LogP contribution in [0, 0.1) is 13.8 Å². The molecule has 1 aromatic heterocycles. The van der Waals surface area contributed by atoms with Crippen molar-refractivity contribution in [2.24, 2.45) is 0 Å². The monoisotopic (exact) mass is 273 g/mol. The molecule has 4 nitrogen and oxygen atoms in total. The van der Waals surface area contributed by atoms with Crippen molar-refractivity contribution in [3.05, 3.63) is 35.0 Å². The highest BCUT2D eigenvalue weighted by molar-refractivity contribution is 5.98. The Kier molecular flexibility index (Phi) is 4.45. The van der Waals surface area contributed by atoms with Crippen LogP contribution in [0.15, 0.2) is 18.2 Å². The van der Waals surface area contributed by atoms with Gasteiger partial charge in [0.25, 0.3) is 5.91 Å². The normalized spacial score (nSPS) is 11.2. The molecule has 4 heteroatoms. The summed E-state index contributed by atoms with van der Waals surface area (Å²) in [6.07, 6.45) is 0.955. The molecule has 0 fully saturated rings. The van der Waals surface area contributed by atoms with Gasteiger partial charge in [0.2, 0.25) is 0 Å². The van der Waals surface area contributed by atoms with Gasteiger partial charge in [-0.2, -0.15) is 0 Å². The summed E-state index contributed by atoms with van der Waals surface area (Å²) in [4.78, 5) is 17.4. The van der Waals surface area contributed by atoms with E-state index in [1.807, 2.05) is 20.2 Å². The standard InChI is InChI=1S/C16H23N3O/c1-11-8-12(2)13-10-15(18-14(13)9-11)16(20)17-6-5-7-19(3)4/h8-10,18H,5-7H2,1-4H3,(H,17,20). The van der Waals surface area contributed by atoms with E-state index in [-0.39, 0.29) is 5.91 Å². The summed E-state index contributed by atoms with van der Waals surface area (Å²) < 4.78 is 0. The minimum Gasteiger partial charge on any atom is -0.351 e. The number of amides is 1. The number of fused-ring (bicyclic) bond motifs is 1. The van der Waals surface area contributed by atoms with Crippen LogP contribution in [-0.2, 0) is 0 Å². The highest BCUT2D eigenvalue weighted by Gasteiger charge is 2.10. The van der Waals surface area contributed by atoms with Crippen molar-refractivity contribution in [3.8, 4) is 0 Å². The van der Waals surface area contributed by atoms with Gasteiger partial charge in [-0.1, -0.05) is 6.07 Å². The number of H-pyrrole nitrogens is 1. The van der Waals surface area contributed by atoms with Crippen LogP contribution >= 0.6 is 0 Å². The third-order valence-corrected chi connectivity index (χ3v) is 3.40. The Hall–Kier alpha value is -1.81. The van der Waals surface area contributed by atoms with E-state index in [1.165, 1.54) is 11.1 Å². The third-order valence-electron chi connectivity index (χ3n) is 3.40. The first-order chi connectivity index (χ1) is 9.47. The molecule has 0 radical (unpaired) electrons. The van der Waals surface area contributed by atoms with E-state index < -0.39 is 0 Å². The van der Waals surface area contributed by atoms with Crippen LogP contribution in [0.25, 0.3) is 10.9 Å². The zero-order valence-electron chi connectivity index (χ0n) is 12.7. The minimum absolute atomic E-state index is 0.0305. The van der Waals surface area contributed by atoms with Gasteiger partial charge in [-0.15, -0.1) is 0 Å². The number of benzene rings is 1. The van der Waals surface area contributed by atoms with Crippen molar-refractivity contribution in [3.63, 3.8) is 0 Å². The van der Waals surface area contributed by atoms with Gasteiger partial charge in [-0.05, 0) is 64.2 Å². The fraction of sp³-hybridized carbons (Fsp3) is 0.438. The van der Waals surface area contributed by atoms with Crippen LogP contribution in [0.4, 0.5) is 0 Å². The van der Waals surface area contributed by atoms with Gasteiger partial charge >= 0.3 is 0 Å². The molecule has 1 aromatic carbocycles. The Morgan fingerprint density at radius 3 is 2.70 bits per heavy atom. The second-order valence-corrected chi connectivity index (χ2v) is 5.64. The first kappa shape index (κ1) is 14.6. The summed E-state index contributed by atoms with van der Waals surface area (Å²) in [6, 6.07) is 6.14. The first-order valence-electron chi connectivity index (χ1n) is 7.00. The summed E-state index contributed by atoms with van der Waals surface area (Å²) >= 11 is 0. The fourth-order valence-electron chi connectivity index (χ4n) is 2.41. The number of hydrogen-bond acceptors (Lipinski definition) is 2. The van der Waals surface area contributed by atoms with Crippen LogP contribution in [0.2, 0.25) is 0 Å². The number of aromatic nitrogens is 1. The number of nitrogens with one attached hydrogen (secondary N) is 2. The Bertz CT molecular complexity index is 613. The van der Waals surface area contributed by atoms with Crippen molar-refractivity contribution < 1.29 is 4.79 Å². The summed E-state index contributed by atoms with van der Waals surface area (Å²) in [5.41, 5.74) is 4.07. The highest BCUT2D eigenvalue weighted by atomic mass is 16.1. The predicted molar refractivity (Wildman–Crippen MR) is 83.3 cm³/mol. The van der Waals surface area contributed by atoms with E-state index in [9.17, 15) is 4.79 Å². The van der Waals surface area contributed by atoms with Gasteiger partial charge in [0.05, 0.1) is 0 Å². The third kappa shape index (κ3) is 3.39. The van der Waals surface area contributed by atoms with E-state index in [1.54, 1.807) is 0 Å². The Morgan fingerprint density at radius 1 is 1.25 bits per heavy atom. The van der Waals surface area contributed by atoms with Crippen LogP contribution < -0.4 is 5.32 Å². The molecule has 0 saturated carbocycles. The minimum atomic E-state index is -0.0305. The van der Waals surface area contributed by atoms with Crippen LogP contribution in [0.3, 0.4) is 0 Å². The Balaban J connectivity index is 2.05. The zero-order valence-corrected chi connectivity index (χ0v) is 12.7. The molecule has 0 bridgehead atoms. The number of aryl methyl sites for hydroxylation is 2. The molecule has 0 aliphatic heterocycles. The Labute approximate surface area is 120 Å². The van der Waals surface area contributed by atoms with E-state index in [4.69, 9.17) is 0 Å². The molecule has 1 amide bonds. The number of aromatic amines is 1. The molecule has 2 N–H and O–H groups in total. The number of rotatable bonds is 5. The molecular formula is C16H23N3O. The van der Waals surface area contributed by atoms with Crippen molar-refractivity contribution >= 4 is 16.8 Å². The van der Waals surface area contributed by atoms with Gasteiger partial charge in [0, 0.05) is 17.4 Å². The first-order valence-corrected chi connectivity index (χ1v) is 7.00. The smallest absolute Gasteiger partial charge is 0.267 e. The second-order valence-electron chi connectivity index (χ2n) is 5.64. The maximum absolute atomic E-state index is 12.1. The van der Waals surface area contributed by atoms with E-state index in [2.05, 4.69) is 41.2 Å². The largest absolute Gasteiger partial charge is 0.351 e. The Morgan fingerprint density at radius 2 is 2.00 bits per heavy atom. The average Bonchev–Trinajstić information content (AvgIpc) is 2.78. The summed E-state index contributed by atoms with van der Waals surface area (Å²) in [7, 11) is 4.06. The molecule has 0 aliphatic carbocycles. The maximum Gasteiger partial charge on any atom is 0.267 e. The summed E-state index contributed by atoms with van der Waals surface area (Å²) in [6.45, 7) is 5.81. The fourth-order valence-corrected chi connectivity index (χ4v) is 2.41. The lowest BCUT2D eigenvalue weighted by atomic mass is 10.1. The lowest BCUT2D eigenvalue weighted by Gasteiger charge is -2.09. The van der Waals surface area contributed by atoms with E-state index >= 15 is 0 Å². The van der Waals surface area contributed by atoms with Crippen molar-refractivity contribution in [2.45, 2.75) is 20.3 Å². The maximum atomic E-state index is 12.1. The molecule has 108 valence electrons. The van der Waals surface area contributed by atoms with E-state index in [0.29, 0.717) is 12.2 Å². The molecule has 2 aromatic rings.